The molecule has 3 aromatic rings. The Labute approximate surface area is 198 Å². The Morgan fingerprint density at radius 3 is 1.71 bits per heavy atom. The van der Waals surface area contributed by atoms with Gasteiger partial charge in [0, 0.05) is 0 Å². The first-order valence-electron chi connectivity index (χ1n) is 11.4. The highest BCUT2D eigenvalue weighted by atomic mass is 19.1. The van der Waals surface area contributed by atoms with Crippen molar-refractivity contribution in [2.45, 2.75) is 25.0 Å². The van der Waals surface area contributed by atoms with E-state index in [1.165, 1.54) is 11.6 Å². The Morgan fingerprint density at radius 2 is 1.15 bits per heavy atom. The van der Waals surface area contributed by atoms with E-state index in [0.717, 1.165) is 43.1 Å². The number of hydrogen-bond donors (Lipinski definition) is 0. The molecule has 178 valence electrons. The second-order valence-electron chi connectivity index (χ2n) is 8.32. The van der Waals surface area contributed by atoms with Gasteiger partial charge in [-0.3, -0.25) is 0 Å². The molecule has 0 spiro atoms. The van der Waals surface area contributed by atoms with Crippen LogP contribution < -0.4 is 18.9 Å². The van der Waals surface area contributed by atoms with Crippen molar-refractivity contribution in [3.8, 4) is 23.0 Å². The molecule has 0 amide bonds. The number of hydrogen-bond acceptors (Lipinski definition) is 6. The third-order valence-corrected chi connectivity index (χ3v) is 5.56. The Morgan fingerprint density at radius 1 is 0.647 bits per heavy atom. The molecule has 2 aliphatic rings. The molecule has 0 aliphatic carbocycles. The summed E-state index contributed by atoms with van der Waals surface area (Å²) >= 11 is 0. The van der Waals surface area contributed by atoms with Crippen molar-refractivity contribution in [1.29, 1.82) is 0 Å². The van der Waals surface area contributed by atoms with E-state index in [9.17, 15) is 4.39 Å². The molecular weight excluding hydrogens is 439 g/mol. The SMILES string of the molecule is Fc1cc(CCc2ccc(OCC3CO3)cc2)ccc1OCOc1ccc(OCC2CO2)cc1. The summed E-state index contributed by atoms with van der Waals surface area (Å²) in [6.07, 6.45) is 1.99. The van der Waals surface area contributed by atoms with Gasteiger partial charge in [0.15, 0.2) is 11.6 Å². The maximum atomic E-state index is 14.5. The first kappa shape index (κ1) is 22.5. The highest BCUT2D eigenvalue weighted by Crippen LogP contribution is 2.22. The lowest BCUT2D eigenvalue weighted by molar-refractivity contribution is 0.115. The van der Waals surface area contributed by atoms with Gasteiger partial charge in [-0.15, -0.1) is 0 Å². The van der Waals surface area contributed by atoms with Crippen molar-refractivity contribution in [3.63, 3.8) is 0 Å². The van der Waals surface area contributed by atoms with Gasteiger partial charge in [-0.2, -0.15) is 0 Å². The quantitative estimate of drug-likeness (QED) is 0.271. The van der Waals surface area contributed by atoms with Gasteiger partial charge in [0.1, 0.15) is 42.7 Å². The normalized spacial score (nSPS) is 18.3. The van der Waals surface area contributed by atoms with Crippen LogP contribution in [0.4, 0.5) is 4.39 Å². The van der Waals surface area contributed by atoms with Crippen LogP contribution in [0.5, 0.6) is 23.0 Å². The fraction of sp³-hybridized carbons (Fsp3) is 0.333. The highest BCUT2D eigenvalue weighted by molar-refractivity contribution is 5.33. The molecule has 0 radical (unpaired) electrons. The zero-order chi connectivity index (χ0) is 23.2. The van der Waals surface area contributed by atoms with Gasteiger partial charge < -0.3 is 28.4 Å². The summed E-state index contributed by atoms with van der Waals surface area (Å²) in [4.78, 5) is 0. The molecule has 2 saturated heterocycles. The lowest BCUT2D eigenvalue weighted by Gasteiger charge is -2.11. The highest BCUT2D eigenvalue weighted by Gasteiger charge is 2.23. The molecule has 2 unspecified atom stereocenters. The zero-order valence-electron chi connectivity index (χ0n) is 18.8. The smallest absolute Gasteiger partial charge is 0.231 e. The van der Waals surface area contributed by atoms with Crippen LogP contribution >= 0.6 is 0 Å². The molecule has 0 bridgehead atoms. The third kappa shape index (κ3) is 6.85. The van der Waals surface area contributed by atoms with Crippen molar-refractivity contribution in [1.82, 2.24) is 0 Å². The van der Waals surface area contributed by atoms with Crippen LogP contribution in [-0.2, 0) is 22.3 Å². The summed E-state index contributed by atoms with van der Waals surface area (Å²) < 4.78 is 47.0. The average Bonchev–Trinajstić information content (AvgIpc) is 3.78. The Kier molecular flexibility index (Phi) is 7.12. The lowest BCUT2D eigenvalue weighted by atomic mass is 10.0. The number of benzene rings is 3. The fourth-order valence-corrected chi connectivity index (χ4v) is 3.36. The molecule has 2 aliphatic heterocycles. The van der Waals surface area contributed by atoms with E-state index in [0.29, 0.717) is 19.0 Å². The standard InChI is InChI=1S/C27H27FO6/c28-26-13-20(2-1-19-3-6-21(7-4-19)29-14-24-16-31-24)5-12-27(26)34-18-33-23-10-8-22(9-11-23)30-15-25-17-32-25/h3-13,24-25H,1-2,14-18H2. The minimum absolute atomic E-state index is 0.0896. The number of epoxide rings is 2. The molecule has 3 aromatic carbocycles. The molecule has 2 heterocycles. The minimum Gasteiger partial charge on any atom is -0.491 e. The van der Waals surface area contributed by atoms with Crippen molar-refractivity contribution in [2.75, 3.05) is 33.2 Å². The van der Waals surface area contributed by atoms with Crippen molar-refractivity contribution >= 4 is 0 Å². The molecule has 0 aromatic heterocycles. The fourth-order valence-electron chi connectivity index (χ4n) is 3.36. The molecule has 2 atom stereocenters. The van der Waals surface area contributed by atoms with Crippen LogP contribution in [0.25, 0.3) is 0 Å². The summed E-state index contributed by atoms with van der Waals surface area (Å²) in [7, 11) is 0. The molecule has 0 saturated carbocycles. The topological polar surface area (TPSA) is 62.0 Å². The largest absolute Gasteiger partial charge is 0.491 e. The number of aryl methyl sites for hydroxylation is 2. The van der Waals surface area contributed by atoms with Crippen LogP contribution in [0.3, 0.4) is 0 Å². The number of rotatable bonds is 13. The van der Waals surface area contributed by atoms with E-state index in [-0.39, 0.29) is 24.8 Å². The van der Waals surface area contributed by atoms with Gasteiger partial charge in [0.25, 0.3) is 0 Å². The first-order chi connectivity index (χ1) is 16.7. The van der Waals surface area contributed by atoms with Gasteiger partial charge >= 0.3 is 0 Å². The average molecular weight is 467 g/mol. The van der Waals surface area contributed by atoms with Crippen LogP contribution in [0.1, 0.15) is 11.1 Å². The Bertz CT molecular complexity index is 1060. The maximum absolute atomic E-state index is 14.5. The summed E-state index contributed by atoms with van der Waals surface area (Å²) in [6.45, 7) is 2.60. The van der Waals surface area contributed by atoms with E-state index in [1.54, 1.807) is 18.2 Å². The molecule has 34 heavy (non-hydrogen) atoms. The zero-order valence-corrected chi connectivity index (χ0v) is 18.8. The van der Waals surface area contributed by atoms with Gasteiger partial charge in [-0.05, 0) is 72.5 Å². The predicted molar refractivity (Wildman–Crippen MR) is 123 cm³/mol. The Balaban J connectivity index is 1.04. The van der Waals surface area contributed by atoms with E-state index in [4.69, 9.17) is 28.4 Å². The summed E-state index contributed by atoms with van der Waals surface area (Å²) in [6, 6.07) is 20.2. The van der Waals surface area contributed by atoms with Crippen LogP contribution in [0, 0.1) is 5.82 Å². The predicted octanol–water partition coefficient (Wildman–Crippen LogP) is 4.58. The summed E-state index contributed by atoms with van der Waals surface area (Å²) in [5, 5.41) is 0. The van der Waals surface area contributed by atoms with Crippen molar-refractivity contribution in [2.24, 2.45) is 0 Å². The van der Waals surface area contributed by atoms with Crippen molar-refractivity contribution < 1.29 is 32.8 Å². The van der Waals surface area contributed by atoms with Crippen LogP contribution in [0.15, 0.2) is 66.7 Å². The summed E-state index contributed by atoms with van der Waals surface area (Å²) in [5.74, 6) is 1.96. The molecule has 7 heteroatoms. The van der Waals surface area contributed by atoms with Gasteiger partial charge in [0.2, 0.25) is 6.79 Å². The molecule has 6 nitrogen and oxygen atoms in total. The summed E-state index contributed by atoms with van der Waals surface area (Å²) in [5.41, 5.74) is 2.07. The maximum Gasteiger partial charge on any atom is 0.231 e. The van der Waals surface area contributed by atoms with Gasteiger partial charge in [0.05, 0.1) is 13.2 Å². The van der Waals surface area contributed by atoms with E-state index in [1.807, 2.05) is 42.5 Å². The minimum atomic E-state index is -0.404. The van der Waals surface area contributed by atoms with Gasteiger partial charge in [-0.1, -0.05) is 18.2 Å². The molecular formula is C27H27FO6. The number of ether oxygens (including phenoxy) is 6. The van der Waals surface area contributed by atoms with Crippen LogP contribution in [0.2, 0.25) is 0 Å². The first-order valence-corrected chi connectivity index (χ1v) is 11.4. The Hall–Kier alpha value is -3.29. The molecule has 5 rings (SSSR count). The molecule has 2 fully saturated rings. The van der Waals surface area contributed by atoms with E-state index >= 15 is 0 Å². The van der Waals surface area contributed by atoms with E-state index < -0.39 is 5.82 Å². The third-order valence-electron chi connectivity index (χ3n) is 5.56. The van der Waals surface area contributed by atoms with Gasteiger partial charge in [-0.25, -0.2) is 4.39 Å². The van der Waals surface area contributed by atoms with Crippen molar-refractivity contribution in [3.05, 3.63) is 83.7 Å². The lowest BCUT2D eigenvalue weighted by Crippen LogP contribution is -2.07. The molecule has 0 N–H and O–H groups in total. The second kappa shape index (κ2) is 10.8. The van der Waals surface area contributed by atoms with Crippen LogP contribution in [-0.4, -0.2) is 45.4 Å². The van der Waals surface area contributed by atoms with E-state index in [2.05, 4.69) is 0 Å². The second-order valence-corrected chi connectivity index (χ2v) is 8.32. The number of halogens is 1. The monoisotopic (exact) mass is 466 g/mol.